The highest BCUT2D eigenvalue weighted by atomic mass is 16.3. The summed E-state index contributed by atoms with van der Waals surface area (Å²) < 4.78 is 0. The van der Waals surface area contributed by atoms with Crippen LogP contribution in [-0.2, 0) is 10.4 Å². The molecule has 0 aliphatic rings. The maximum atomic E-state index is 11.7. The minimum absolute atomic E-state index is 0.158. The van der Waals surface area contributed by atoms with E-state index in [0.717, 1.165) is 6.42 Å². The fourth-order valence-electron chi connectivity index (χ4n) is 1.44. The standard InChI is InChI=1S/C12H17NO2/c1-3-4-11(14)12(2,15)9-5-7-10(13)8-6-9/h5-8,15H,3-4,13H2,1-2H3. The molecule has 3 nitrogen and oxygen atoms in total. The van der Waals surface area contributed by atoms with Crippen molar-refractivity contribution in [1.82, 2.24) is 0 Å². The van der Waals surface area contributed by atoms with Gasteiger partial charge in [-0.1, -0.05) is 19.1 Å². The van der Waals surface area contributed by atoms with Crippen molar-refractivity contribution in [3.8, 4) is 0 Å². The molecule has 0 saturated carbocycles. The van der Waals surface area contributed by atoms with E-state index in [9.17, 15) is 9.90 Å². The Bertz CT molecular complexity index is 341. The van der Waals surface area contributed by atoms with Crippen molar-refractivity contribution in [2.24, 2.45) is 0 Å². The smallest absolute Gasteiger partial charge is 0.168 e. The van der Waals surface area contributed by atoms with E-state index in [1.54, 1.807) is 24.3 Å². The Hall–Kier alpha value is -1.35. The summed E-state index contributed by atoms with van der Waals surface area (Å²) in [6.07, 6.45) is 1.13. The van der Waals surface area contributed by atoms with Gasteiger partial charge < -0.3 is 10.8 Å². The number of rotatable bonds is 4. The Kier molecular flexibility index (Phi) is 3.48. The predicted octanol–water partition coefficient (Wildman–Crippen LogP) is 1.85. The van der Waals surface area contributed by atoms with E-state index in [4.69, 9.17) is 5.73 Å². The van der Waals surface area contributed by atoms with Crippen LogP contribution < -0.4 is 5.73 Å². The minimum atomic E-state index is -1.40. The molecule has 0 spiro atoms. The number of nitrogen functional groups attached to an aromatic ring is 1. The number of Topliss-reactive ketones (excluding diaryl/α,β-unsaturated/α-hetero) is 1. The van der Waals surface area contributed by atoms with Crippen molar-refractivity contribution in [1.29, 1.82) is 0 Å². The van der Waals surface area contributed by atoms with Gasteiger partial charge in [-0.25, -0.2) is 0 Å². The second-order valence-electron chi connectivity index (χ2n) is 3.87. The predicted molar refractivity (Wildman–Crippen MR) is 60.3 cm³/mol. The number of anilines is 1. The van der Waals surface area contributed by atoms with E-state index in [-0.39, 0.29) is 5.78 Å². The number of carbonyl (C=O) groups is 1. The Labute approximate surface area is 89.9 Å². The maximum Gasteiger partial charge on any atom is 0.168 e. The molecule has 3 N–H and O–H groups in total. The summed E-state index contributed by atoms with van der Waals surface area (Å²) in [5.41, 5.74) is 5.35. The Morgan fingerprint density at radius 2 is 1.93 bits per heavy atom. The molecule has 0 bridgehead atoms. The van der Waals surface area contributed by atoms with Crippen molar-refractivity contribution in [2.75, 3.05) is 5.73 Å². The van der Waals surface area contributed by atoms with E-state index in [1.807, 2.05) is 6.92 Å². The van der Waals surface area contributed by atoms with E-state index >= 15 is 0 Å². The van der Waals surface area contributed by atoms with Crippen molar-refractivity contribution in [2.45, 2.75) is 32.3 Å². The zero-order valence-corrected chi connectivity index (χ0v) is 9.16. The first-order valence-corrected chi connectivity index (χ1v) is 5.10. The third-order valence-corrected chi connectivity index (χ3v) is 2.49. The van der Waals surface area contributed by atoms with Crippen LogP contribution in [0.4, 0.5) is 5.69 Å². The van der Waals surface area contributed by atoms with Crippen LogP contribution in [0.2, 0.25) is 0 Å². The first-order chi connectivity index (χ1) is 6.98. The second-order valence-corrected chi connectivity index (χ2v) is 3.87. The van der Waals surface area contributed by atoms with Crippen molar-refractivity contribution in [3.05, 3.63) is 29.8 Å². The molecule has 3 heteroatoms. The molecule has 0 radical (unpaired) electrons. The van der Waals surface area contributed by atoms with Crippen LogP contribution in [0.1, 0.15) is 32.3 Å². The average molecular weight is 207 g/mol. The zero-order valence-electron chi connectivity index (χ0n) is 9.16. The van der Waals surface area contributed by atoms with Crippen LogP contribution in [0, 0.1) is 0 Å². The molecule has 1 atom stereocenters. The van der Waals surface area contributed by atoms with Gasteiger partial charge in [0.1, 0.15) is 5.60 Å². The van der Waals surface area contributed by atoms with E-state index in [1.165, 1.54) is 6.92 Å². The Morgan fingerprint density at radius 3 is 2.40 bits per heavy atom. The number of hydrogen-bond acceptors (Lipinski definition) is 3. The second kappa shape index (κ2) is 4.45. The minimum Gasteiger partial charge on any atom is -0.399 e. The number of hydrogen-bond donors (Lipinski definition) is 2. The molecule has 82 valence electrons. The number of benzene rings is 1. The highest BCUT2D eigenvalue weighted by molar-refractivity contribution is 5.87. The highest BCUT2D eigenvalue weighted by Gasteiger charge is 2.30. The van der Waals surface area contributed by atoms with Gasteiger partial charge in [-0.05, 0) is 31.0 Å². The molecule has 1 aromatic rings. The monoisotopic (exact) mass is 207 g/mol. The van der Waals surface area contributed by atoms with E-state index < -0.39 is 5.60 Å². The third kappa shape index (κ3) is 2.57. The van der Waals surface area contributed by atoms with E-state index in [0.29, 0.717) is 17.7 Å². The summed E-state index contributed by atoms with van der Waals surface area (Å²) in [6.45, 7) is 3.44. The van der Waals surface area contributed by atoms with Gasteiger partial charge in [0, 0.05) is 12.1 Å². The third-order valence-electron chi connectivity index (χ3n) is 2.49. The first-order valence-electron chi connectivity index (χ1n) is 5.10. The Balaban J connectivity index is 2.94. The SMILES string of the molecule is CCCC(=O)C(C)(O)c1ccc(N)cc1. The van der Waals surface area contributed by atoms with Crippen molar-refractivity contribution >= 4 is 11.5 Å². The molecule has 1 rings (SSSR count). The lowest BCUT2D eigenvalue weighted by atomic mass is 9.89. The topological polar surface area (TPSA) is 63.3 Å². The fraction of sp³-hybridized carbons (Fsp3) is 0.417. The van der Waals surface area contributed by atoms with E-state index in [2.05, 4.69) is 0 Å². The fourth-order valence-corrected chi connectivity index (χ4v) is 1.44. The summed E-state index contributed by atoms with van der Waals surface area (Å²) in [5.74, 6) is -0.158. The molecule has 0 aliphatic carbocycles. The van der Waals surface area contributed by atoms with Crippen LogP contribution in [0.3, 0.4) is 0 Å². The van der Waals surface area contributed by atoms with Crippen LogP contribution in [-0.4, -0.2) is 10.9 Å². The molecule has 1 unspecified atom stereocenters. The van der Waals surface area contributed by atoms with Gasteiger partial charge in [0.25, 0.3) is 0 Å². The van der Waals surface area contributed by atoms with Gasteiger partial charge in [-0.15, -0.1) is 0 Å². The normalized spacial score (nSPS) is 14.6. The maximum absolute atomic E-state index is 11.7. The zero-order chi connectivity index (χ0) is 11.5. The van der Waals surface area contributed by atoms with Gasteiger partial charge in [0.05, 0.1) is 0 Å². The summed E-state index contributed by atoms with van der Waals surface area (Å²) in [7, 11) is 0. The molecular weight excluding hydrogens is 190 g/mol. The summed E-state index contributed by atoms with van der Waals surface area (Å²) in [4.78, 5) is 11.7. The summed E-state index contributed by atoms with van der Waals surface area (Å²) in [5, 5.41) is 10.1. The Morgan fingerprint density at radius 1 is 1.40 bits per heavy atom. The van der Waals surface area contributed by atoms with Gasteiger partial charge >= 0.3 is 0 Å². The van der Waals surface area contributed by atoms with Crippen LogP contribution in [0.25, 0.3) is 0 Å². The highest BCUT2D eigenvalue weighted by Crippen LogP contribution is 2.24. The molecular formula is C12H17NO2. The molecule has 0 aliphatic heterocycles. The van der Waals surface area contributed by atoms with Gasteiger partial charge in [0.2, 0.25) is 0 Å². The molecule has 0 saturated heterocycles. The number of carbonyl (C=O) groups excluding carboxylic acids is 1. The van der Waals surface area contributed by atoms with Gasteiger partial charge in [-0.2, -0.15) is 0 Å². The van der Waals surface area contributed by atoms with Crippen molar-refractivity contribution < 1.29 is 9.90 Å². The van der Waals surface area contributed by atoms with Crippen molar-refractivity contribution in [3.63, 3.8) is 0 Å². The molecule has 0 fully saturated rings. The number of nitrogens with two attached hydrogens (primary N) is 1. The molecule has 1 aromatic carbocycles. The average Bonchev–Trinajstić information content (AvgIpc) is 2.18. The first kappa shape index (κ1) is 11.7. The molecule has 0 heterocycles. The van der Waals surface area contributed by atoms with Gasteiger partial charge in [-0.3, -0.25) is 4.79 Å². The van der Waals surface area contributed by atoms with Crippen LogP contribution >= 0.6 is 0 Å². The summed E-state index contributed by atoms with van der Waals surface area (Å²) in [6, 6.07) is 6.73. The number of ketones is 1. The largest absolute Gasteiger partial charge is 0.399 e. The van der Waals surface area contributed by atoms with Gasteiger partial charge in [0.15, 0.2) is 5.78 Å². The quantitative estimate of drug-likeness (QED) is 0.740. The lowest BCUT2D eigenvalue weighted by Crippen LogP contribution is -2.31. The van der Waals surface area contributed by atoms with Crippen LogP contribution in [0.5, 0.6) is 0 Å². The lowest BCUT2D eigenvalue weighted by molar-refractivity contribution is -0.136. The van der Waals surface area contributed by atoms with Crippen LogP contribution in [0.15, 0.2) is 24.3 Å². The molecule has 0 amide bonds. The molecule has 15 heavy (non-hydrogen) atoms. The summed E-state index contributed by atoms with van der Waals surface area (Å²) >= 11 is 0. The lowest BCUT2D eigenvalue weighted by Gasteiger charge is -2.22. The molecule has 0 aromatic heterocycles. The number of aliphatic hydroxyl groups is 1.